The minimum atomic E-state index is -0.963. The molecule has 0 spiro atoms. The SMILES string of the molecule is NC(=N[N+](=O)[O-])C(N)CC[C@H](NC(=O)C(c1ccccc1)c1ccccc1)C(=O)NCCc1c[nH]c2ccccc12. The Labute approximate surface area is 237 Å². The highest BCUT2D eigenvalue weighted by atomic mass is 16.7. The first-order valence-electron chi connectivity index (χ1n) is 13.3. The minimum absolute atomic E-state index is 0.0886. The zero-order chi connectivity index (χ0) is 29.2. The largest absolute Gasteiger partial charge is 0.381 e. The number of amidine groups is 1. The van der Waals surface area contributed by atoms with Crippen LogP contribution < -0.4 is 22.1 Å². The Morgan fingerprint density at radius 3 is 2.15 bits per heavy atom. The molecule has 0 aliphatic carbocycles. The number of rotatable bonds is 13. The summed E-state index contributed by atoms with van der Waals surface area (Å²) in [4.78, 5) is 41.0. The molecule has 0 radical (unpaired) electrons. The number of fused-ring (bicyclic) bond motifs is 1. The second-order valence-corrected chi connectivity index (χ2v) is 9.66. The predicted octanol–water partition coefficient (Wildman–Crippen LogP) is 2.80. The third-order valence-electron chi connectivity index (χ3n) is 6.87. The molecule has 4 aromatic rings. The molecule has 11 heteroatoms. The molecule has 1 unspecified atom stereocenters. The molecule has 1 aromatic heterocycles. The van der Waals surface area contributed by atoms with E-state index in [4.69, 9.17) is 11.5 Å². The van der Waals surface area contributed by atoms with E-state index >= 15 is 0 Å². The van der Waals surface area contributed by atoms with Gasteiger partial charge in [-0.2, -0.15) is 0 Å². The highest BCUT2D eigenvalue weighted by Crippen LogP contribution is 2.25. The maximum Gasteiger partial charge on any atom is 0.242 e. The monoisotopic (exact) mass is 555 g/mol. The summed E-state index contributed by atoms with van der Waals surface area (Å²) >= 11 is 0. The summed E-state index contributed by atoms with van der Waals surface area (Å²) in [6.07, 6.45) is 2.67. The Hall–Kier alpha value is -5.03. The van der Waals surface area contributed by atoms with Gasteiger partial charge >= 0.3 is 0 Å². The number of H-pyrrole nitrogens is 1. The van der Waals surface area contributed by atoms with E-state index in [-0.39, 0.29) is 24.6 Å². The number of nitrogens with zero attached hydrogens (tertiary/aromatic N) is 2. The maximum atomic E-state index is 13.7. The number of nitrogens with one attached hydrogen (secondary N) is 3. The van der Waals surface area contributed by atoms with Crippen LogP contribution in [0.5, 0.6) is 0 Å². The Morgan fingerprint density at radius 2 is 1.51 bits per heavy atom. The summed E-state index contributed by atoms with van der Waals surface area (Å²) < 4.78 is 0. The topological polar surface area (TPSA) is 182 Å². The van der Waals surface area contributed by atoms with Crippen LogP contribution in [0.2, 0.25) is 0 Å². The molecule has 212 valence electrons. The van der Waals surface area contributed by atoms with Crippen LogP contribution in [0.25, 0.3) is 10.9 Å². The molecule has 0 saturated carbocycles. The summed E-state index contributed by atoms with van der Waals surface area (Å²) in [5.74, 6) is -1.77. The van der Waals surface area contributed by atoms with Crippen molar-refractivity contribution >= 4 is 28.6 Å². The van der Waals surface area contributed by atoms with Crippen molar-refractivity contribution in [3.8, 4) is 0 Å². The van der Waals surface area contributed by atoms with E-state index in [0.29, 0.717) is 13.0 Å². The average molecular weight is 556 g/mol. The van der Waals surface area contributed by atoms with Crippen LogP contribution in [0.4, 0.5) is 0 Å². The highest BCUT2D eigenvalue weighted by Gasteiger charge is 2.28. The lowest BCUT2D eigenvalue weighted by molar-refractivity contribution is -0.485. The molecule has 2 atom stereocenters. The third kappa shape index (κ3) is 7.76. The molecule has 0 aliphatic rings. The third-order valence-corrected chi connectivity index (χ3v) is 6.87. The molecule has 0 aliphatic heterocycles. The van der Waals surface area contributed by atoms with Gasteiger partial charge in [0.25, 0.3) is 0 Å². The lowest BCUT2D eigenvalue weighted by atomic mass is 9.90. The van der Waals surface area contributed by atoms with Crippen molar-refractivity contribution in [3.63, 3.8) is 0 Å². The van der Waals surface area contributed by atoms with E-state index in [9.17, 15) is 19.7 Å². The number of amides is 2. The summed E-state index contributed by atoms with van der Waals surface area (Å²) in [6, 6.07) is 24.5. The molecule has 3 aromatic carbocycles. The van der Waals surface area contributed by atoms with Gasteiger partial charge in [-0.25, -0.2) is 10.1 Å². The number of aromatic nitrogens is 1. The van der Waals surface area contributed by atoms with Gasteiger partial charge in [0.15, 0.2) is 10.9 Å². The Bertz CT molecular complexity index is 1470. The van der Waals surface area contributed by atoms with Crippen LogP contribution in [-0.2, 0) is 16.0 Å². The van der Waals surface area contributed by atoms with E-state index in [1.807, 2.05) is 91.1 Å². The Balaban J connectivity index is 1.50. The number of carbonyl (C=O) groups excluding carboxylic acids is 2. The van der Waals surface area contributed by atoms with Gasteiger partial charge in [0.05, 0.1) is 17.1 Å². The molecule has 11 nitrogen and oxygen atoms in total. The van der Waals surface area contributed by atoms with Gasteiger partial charge < -0.3 is 27.1 Å². The molecular formula is C30H33N7O4. The lowest BCUT2D eigenvalue weighted by Gasteiger charge is -2.24. The fourth-order valence-electron chi connectivity index (χ4n) is 4.75. The van der Waals surface area contributed by atoms with Crippen molar-refractivity contribution in [3.05, 3.63) is 118 Å². The fourth-order valence-corrected chi connectivity index (χ4v) is 4.75. The number of hydrogen-bond donors (Lipinski definition) is 5. The number of para-hydroxylation sites is 1. The molecule has 7 N–H and O–H groups in total. The van der Waals surface area contributed by atoms with E-state index in [1.54, 1.807) is 0 Å². The Kier molecular flexibility index (Phi) is 9.79. The average Bonchev–Trinajstić information content (AvgIpc) is 3.39. The maximum absolute atomic E-state index is 13.7. The van der Waals surface area contributed by atoms with Crippen molar-refractivity contribution in [2.75, 3.05) is 6.54 Å². The zero-order valence-corrected chi connectivity index (χ0v) is 22.4. The van der Waals surface area contributed by atoms with Gasteiger partial charge in [-0.1, -0.05) is 78.9 Å². The van der Waals surface area contributed by atoms with Gasteiger partial charge in [-0.3, -0.25) is 9.59 Å². The van der Waals surface area contributed by atoms with E-state index in [2.05, 4.69) is 20.7 Å². The smallest absolute Gasteiger partial charge is 0.242 e. The van der Waals surface area contributed by atoms with Gasteiger partial charge in [0.1, 0.15) is 6.04 Å². The number of nitrogens with two attached hydrogens (primary N) is 2. The van der Waals surface area contributed by atoms with E-state index in [0.717, 1.165) is 27.6 Å². The first kappa shape index (κ1) is 29.0. The van der Waals surface area contributed by atoms with Gasteiger partial charge in [0, 0.05) is 23.6 Å². The zero-order valence-electron chi connectivity index (χ0n) is 22.4. The molecular weight excluding hydrogens is 522 g/mol. The van der Waals surface area contributed by atoms with E-state index in [1.165, 1.54) is 0 Å². The minimum Gasteiger partial charge on any atom is -0.381 e. The van der Waals surface area contributed by atoms with Gasteiger partial charge in [-0.05, 0) is 42.0 Å². The number of benzene rings is 3. The van der Waals surface area contributed by atoms with Crippen LogP contribution in [0.3, 0.4) is 0 Å². The molecule has 1 heterocycles. The first-order valence-corrected chi connectivity index (χ1v) is 13.3. The summed E-state index contributed by atoms with van der Waals surface area (Å²) in [5.41, 5.74) is 15.3. The van der Waals surface area contributed by atoms with Crippen molar-refractivity contribution in [2.45, 2.75) is 37.3 Å². The molecule has 0 bridgehead atoms. The number of hydrazone groups is 1. The highest BCUT2D eigenvalue weighted by molar-refractivity contribution is 5.92. The molecule has 0 saturated heterocycles. The van der Waals surface area contributed by atoms with Gasteiger partial charge in [-0.15, -0.1) is 0 Å². The first-order chi connectivity index (χ1) is 19.8. The van der Waals surface area contributed by atoms with Crippen LogP contribution in [-0.4, -0.2) is 46.3 Å². The van der Waals surface area contributed by atoms with Crippen LogP contribution in [0.15, 0.2) is 96.2 Å². The molecule has 2 amide bonds. The number of hydrogen-bond acceptors (Lipinski definition) is 5. The van der Waals surface area contributed by atoms with Gasteiger partial charge in [0.2, 0.25) is 11.8 Å². The number of carbonyl (C=O) groups is 2. The molecule has 0 fully saturated rings. The summed E-state index contributed by atoms with van der Waals surface area (Å²) in [5, 5.41) is 19.7. The molecule has 4 rings (SSSR count). The van der Waals surface area contributed by atoms with E-state index < -0.39 is 28.9 Å². The summed E-state index contributed by atoms with van der Waals surface area (Å²) in [6.45, 7) is 0.338. The van der Waals surface area contributed by atoms with Crippen molar-refractivity contribution in [1.82, 2.24) is 15.6 Å². The van der Waals surface area contributed by atoms with Crippen LogP contribution in [0.1, 0.15) is 35.4 Å². The molecule has 41 heavy (non-hydrogen) atoms. The summed E-state index contributed by atoms with van der Waals surface area (Å²) in [7, 11) is 0. The second-order valence-electron chi connectivity index (χ2n) is 9.66. The predicted molar refractivity (Wildman–Crippen MR) is 157 cm³/mol. The number of aromatic amines is 1. The van der Waals surface area contributed by atoms with Crippen molar-refractivity contribution in [1.29, 1.82) is 0 Å². The second kappa shape index (κ2) is 13.9. The van der Waals surface area contributed by atoms with Crippen LogP contribution in [0, 0.1) is 10.1 Å². The fraction of sp³-hybridized carbons (Fsp3) is 0.233. The van der Waals surface area contributed by atoms with Crippen molar-refractivity contribution in [2.24, 2.45) is 16.6 Å². The normalized spacial score (nSPS) is 13.1. The van der Waals surface area contributed by atoms with Crippen molar-refractivity contribution < 1.29 is 14.6 Å². The number of nitro groups is 1. The van der Waals surface area contributed by atoms with Crippen LogP contribution >= 0.6 is 0 Å². The lowest BCUT2D eigenvalue weighted by Crippen LogP contribution is -2.49. The standard InChI is InChI=1S/C30H33N7O4/c31-24(28(32)36-37(40)41)15-16-26(29(38)33-18-17-22-19-34-25-14-8-7-13-23(22)25)35-30(39)27(20-9-3-1-4-10-20)21-11-5-2-6-12-21/h1-14,19,24,26-27,34H,15-18,31H2,(H2,32,36)(H,33,38)(H,35,39)/t24?,26-/m0/s1. The Morgan fingerprint density at radius 1 is 0.902 bits per heavy atom. The quantitative estimate of drug-likeness (QED) is 0.0731.